The lowest BCUT2D eigenvalue weighted by atomic mass is 9.85. The summed E-state index contributed by atoms with van der Waals surface area (Å²) in [5.74, 6) is 0.864. The van der Waals surface area contributed by atoms with Crippen LogP contribution in [0.2, 0.25) is 0 Å². The van der Waals surface area contributed by atoms with Crippen molar-refractivity contribution in [3.63, 3.8) is 0 Å². The highest BCUT2D eigenvalue weighted by atomic mass is 79.9. The Morgan fingerprint density at radius 1 is 1.27 bits per heavy atom. The first-order valence-electron chi connectivity index (χ1n) is 10.1. The van der Waals surface area contributed by atoms with E-state index in [0.717, 1.165) is 28.1 Å². The van der Waals surface area contributed by atoms with Gasteiger partial charge < -0.3 is 9.32 Å². The quantitative estimate of drug-likeness (QED) is 0.544. The van der Waals surface area contributed by atoms with Crippen LogP contribution < -0.4 is 0 Å². The molecule has 0 unspecified atom stereocenters. The third kappa shape index (κ3) is 3.55. The molecular formula is C23H25BrN4O2. The lowest BCUT2D eigenvalue weighted by molar-refractivity contribution is 0.0962. The number of Topliss-reactive ketones (excluding diaryl/α,β-unsaturated/α-hetero) is 1. The summed E-state index contributed by atoms with van der Waals surface area (Å²) in [5.41, 5.74) is 5.64. The fourth-order valence-electron chi connectivity index (χ4n) is 3.96. The zero-order valence-electron chi connectivity index (χ0n) is 17.4. The maximum atomic E-state index is 13.1. The van der Waals surface area contributed by atoms with E-state index in [1.165, 1.54) is 19.2 Å². The van der Waals surface area contributed by atoms with Gasteiger partial charge in [-0.05, 0) is 36.5 Å². The molecule has 1 aliphatic carbocycles. The molecule has 30 heavy (non-hydrogen) atoms. The van der Waals surface area contributed by atoms with Crippen LogP contribution in [0.4, 0.5) is 0 Å². The van der Waals surface area contributed by atoms with Crippen molar-refractivity contribution in [2.75, 3.05) is 6.54 Å². The number of hydrogen-bond acceptors (Lipinski definition) is 5. The molecule has 6 nitrogen and oxygen atoms in total. The number of rotatable bonds is 4. The molecule has 1 aromatic carbocycles. The van der Waals surface area contributed by atoms with E-state index in [2.05, 4.69) is 37.9 Å². The number of amidine groups is 1. The molecule has 3 heterocycles. The Kier molecular flexibility index (Phi) is 5.04. The molecule has 0 saturated heterocycles. The van der Waals surface area contributed by atoms with Crippen LogP contribution in [0.3, 0.4) is 0 Å². The van der Waals surface area contributed by atoms with Crippen LogP contribution in [0.25, 0.3) is 11.1 Å². The van der Waals surface area contributed by atoms with Crippen molar-refractivity contribution < 1.29 is 9.21 Å². The molecule has 0 atom stereocenters. The molecule has 5 rings (SSSR count). The second kappa shape index (κ2) is 7.30. The van der Waals surface area contributed by atoms with Crippen molar-refractivity contribution in [3.8, 4) is 0 Å². The lowest BCUT2D eigenvalue weighted by Gasteiger charge is -2.21. The van der Waals surface area contributed by atoms with Crippen molar-refractivity contribution in [1.29, 1.82) is 5.41 Å². The monoisotopic (exact) mass is 468 g/mol. The normalized spacial score (nSPS) is 16.0. The van der Waals surface area contributed by atoms with Crippen LogP contribution in [0.5, 0.6) is 0 Å². The van der Waals surface area contributed by atoms with Crippen LogP contribution >= 0.6 is 17.0 Å². The largest absolute Gasteiger partial charge is 0.443 e. The number of halogens is 1. The number of carbonyl (C=O) groups excluding carboxylic acids is 1. The number of hydrogen-bond donors (Lipinski definition) is 1. The average Bonchev–Trinajstić information content (AvgIpc) is 3.34. The van der Waals surface area contributed by atoms with Gasteiger partial charge in [-0.1, -0.05) is 26.8 Å². The number of ketones is 1. The van der Waals surface area contributed by atoms with Crippen molar-refractivity contribution in [1.82, 2.24) is 14.9 Å². The summed E-state index contributed by atoms with van der Waals surface area (Å²) in [6.45, 7) is 6.98. The Labute approximate surface area is 186 Å². The second-order valence-electron chi connectivity index (χ2n) is 9.12. The van der Waals surface area contributed by atoms with Crippen LogP contribution in [-0.2, 0) is 12.0 Å². The molecule has 1 saturated carbocycles. The van der Waals surface area contributed by atoms with E-state index in [9.17, 15) is 4.79 Å². The van der Waals surface area contributed by atoms with Gasteiger partial charge in [0, 0.05) is 34.8 Å². The first kappa shape index (κ1) is 20.7. The minimum atomic E-state index is -0.173. The van der Waals surface area contributed by atoms with Crippen molar-refractivity contribution in [2.45, 2.75) is 51.5 Å². The molecule has 0 amide bonds. The van der Waals surface area contributed by atoms with Gasteiger partial charge in [-0.2, -0.15) is 0 Å². The average molecular weight is 469 g/mol. The summed E-state index contributed by atoms with van der Waals surface area (Å²) in [7, 11) is 0. The highest BCUT2D eigenvalue weighted by Crippen LogP contribution is 2.39. The summed E-state index contributed by atoms with van der Waals surface area (Å²) in [6.07, 6.45) is 3.79. The summed E-state index contributed by atoms with van der Waals surface area (Å²) in [4.78, 5) is 23.9. The topological polar surface area (TPSA) is 83.1 Å². The molecule has 0 spiro atoms. The first-order valence-corrected chi connectivity index (χ1v) is 10.1. The standard InChI is InChI=1S/C23H24N4O2.BrH/c1-23(2,3)16-8-15(9-18-21(16)29-12-25-18)19(28)11-27-10-14-6-7-17(13-4-5-13)26-20(14)22(27)24;/h6-9,12-13,24H,4-5,10-11H2,1-3H3;1H. The van der Waals surface area contributed by atoms with E-state index >= 15 is 0 Å². The zero-order valence-corrected chi connectivity index (χ0v) is 19.1. The minimum Gasteiger partial charge on any atom is -0.443 e. The van der Waals surface area contributed by atoms with Crippen molar-refractivity contribution in [3.05, 3.63) is 58.7 Å². The van der Waals surface area contributed by atoms with Gasteiger partial charge in [0.15, 0.2) is 17.8 Å². The number of benzene rings is 1. The molecule has 156 valence electrons. The molecule has 2 aromatic heterocycles. The molecule has 2 aliphatic rings. The van der Waals surface area contributed by atoms with E-state index in [-0.39, 0.29) is 34.7 Å². The van der Waals surface area contributed by atoms with Gasteiger partial charge in [-0.3, -0.25) is 10.2 Å². The molecule has 0 radical (unpaired) electrons. The van der Waals surface area contributed by atoms with Gasteiger partial charge in [0.1, 0.15) is 17.0 Å². The van der Waals surface area contributed by atoms with Gasteiger partial charge >= 0.3 is 0 Å². The van der Waals surface area contributed by atoms with E-state index in [1.54, 1.807) is 11.0 Å². The highest BCUT2D eigenvalue weighted by Gasteiger charge is 2.31. The third-order valence-corrected chi connectivity index (χ3v) is 5.79. The number of oxazole rings is 1. The highest BCUT2D eigenvalue weighted by molar-refractivity contribution is 8.93. The molecule has 1 fully saturated rings. The Bertz CT molecular complexity index is 1160. The zero-order chi connectivity index (χ0) is 20.3. The fourth-order valence-corrected chi connectivity index (χ4v) is 3.96. The van der Waals surface area contributed by atoms with Crippen LogP contribution in [0, 0.1) is 5.41 Å². The molecule has 0 bridgehead atoms. The number of nitrogens with one attached hydrogen (secondary N) is 1. The SMILES string of the molecule is Br.CC(C)(C)c1cc(C(=O)CN2Cc3ccc(C4CC4)nc3C2=N)cc2ncoc12. The third-order valence-electron chi connectivity index (χ3n) is 5.79. The summed E-state index contributed by atoms with van der Waals surface area (Å²) in [6, 6.07) is 7.83. The van der Waals surface area contributed by atoms with Gasteiger partial charge in [0.05, 0.1) is 6.54 Å². The summed E-state index contributed by atoms with van der Waals surface area (Å²) >= 11 is 0. The number of aromatic nitrogens is 2. The molecule has 1 N–H and O–H groups in total. The van der Waals surface area contributed by atoms with Crippen LogP contribution in [0.15, 0.2) is 35.1 Å². The number of pyridine rings is 1. The van der Waals surface area contributed by atoms with Crippen molar-refractivity contribution >= 4 is 39.7 Å². The minimum absolute atomic E-state index is 0. The Morgan fingerprint density at radius 2 is 2.03 bits per heavy atom. The molecule has 7 heteroatoms. The predicted molar refractivity (Wildman–Crippen MR) is 121 cm³/mol. The molecule has 3 aromatic rings. The predicted octanol–water partition coefficient (Wildman–Crippen LogP) is 5.00. The Hall–Kier alpha value is -2.54. The van der Waals surface area contributed by atoms with Crippen LogP contribution in [0.1, 0.15) is 72.4 Å². The van der Waals surface area contributed by atoms with Gasteiger partial charge in [-0.15, -0.1) is 17.0 Å². The van der Waals surface area contributed by atoms with E-state index in [1.807, 2.05) is 6.07 Å². The molecule has 1 aliphatic heterocycles. The van der Waals surface area contributed by atoms with Crippen LogP contribution in [-0.4, -0.2) is 33.0 Å². The number of carbonyl (C=O) groups is 1. The maximum absolute atomic E-state index is 13.1. The van der Waals surface area contributed by atoms with Crippen molar-refractivity contribution in [2.24, 2.45) is 0 Å². The maximum Gasteiger partial charge on any atom is 0.182 e. The van der Waals surface area contributed by atoms with E-state index in [0.29, 0.717) is 29.4 Å². The summed E-state index contributed by atoms with van der Waals surface area (Å²) < 4.78 is 5.56. The lowest BCUT2D eigenvalue weighted by Crippen LogP contribution is -2.30. The first-order chi connectivity index (χ1) is 13.8. The van der Waals surface area contributed by atoms with Gasteiger partial charge in [0.2, 0.25) is 0 Å². The fraction of sp³-hybridized carbons (Fsp3) is 0.391. The summed E-state index contributed by atoms with van der Waals surface area (Å²) in [5, 5.41) is 8.53. The Morgan fingerprint density at radius 3 is 2.73 bits per heavy atom. The van der Waals surface area contributed by atoms with E-state index < -0.39 is 0 Å². The second-order valence-corrected chi connectivity index (χ2v) is 9.12. The van der Waals surface area contributed by atoms with Gasteiger partial charge in [0.25, 0.3) is 0 Å². The molecular weight excluding hydrogens is 444 g/mol. The van der Waals surface area contributed by atoms with Gasteiger partial charge in [-0.25, -0.2) is 9.97 Å². The number of nitrogens with zero attached hydrogens (tertiary/aromatic N) is 3. The van der Waals surface area contributed by atoms with E-state index in [4.69, 9.17) is 14.8 Å². The number of fused-ring (bicyclic) bond motifs is 2. The Balaban J connectivity index is 0.00000218. The smallest absolute Gasteiger partial charge is 0.182 e.